The number of likely N-dealkylation sites (tertiary alicyclic amines) is 1. The number of ether oxygens (including phenoxy) is 1. The lowest BCUT2D eigenvalue weighted by atomic mass is 9.71. The Hall–Kier alpha value is -3.03. The number of piperidine rings is 1. The lowest BCUT2D eigenvalue weighted by Crippen LogP contribution is -2.41. The molecule has 1 atom stereocenters. The van der Waals surface area contributed by atoms with Crippen molar-refractivity contribution in [3.05, 3.63) is 71.4 Å². The van der Waals surface area contributed by atoms with Crippen LogP contribution in [0.2, 0.25) is 0 Å². The smallest absolute Gasteiger partial charge is 0.303 e. The van der Waals surface area contributed by atoms with Crippen molar-refractivity contribution in [2.24, 2.45) is 5.41 Å². The number of carboxylic acids is 1. The van der Waals surface area contributed by atoms with E-state index in [4.69, 9.17) is 4.74 Å². The van der Waals surface area contributed by atoms with Crippen molar-refractivity contribution in [3.63, 3.8) is 0 Å². The van der Waals surface area contributed by atoms with Gasteiger partial charge in [0.15, 0.2) is 0 Å². The zero-order chi connectivity index (χ0) is 26.3. The highest BCUT2D eigenvalue weighted by Gasteiger charge is 2.37. The molecule has 1 aliphatic heterocycles. The molecule has 0 saturated carbocycles. The number of carboxylic acid groups (broad SMARTS) is 1. The van der Waals surface area contributed by atoms with Crippen LogP contribution in [0, 0.1) is 5.41 Å². The largest absolute Gasteiger partial charge is 0.497 e. The fourth-order valence-corrected chi connectivity index (χ4v) is 5.67. The molecule has 1 aromatic heterocycles. The van der Waals surface area contributed by atoms with E-state index >= 15 is 4.39 Å². The molecule has 0 radical (unpaired) electrons. The summed E-state index contributed by atoms with van der Waals surface area (Å²) in [6, 6.07) is 15.7. The fourth-order valence-electron chi connectivity index (χ4n) is 5.67. The summed E-state index contributed by atoms with van der Waals surface area (Å²) in [6.45, 7) is 2.33. The van der Waals surface area contributed by atoms with E-state index in [1.165, 1.54) is 11.8 Å². The molecule has 37 heavy (non-hydrogen) atoms. The summed E-state index contributed by atoms with van der Waals surface area (Å²) in [5.41, 5.74) is 2.42. The van der Waals surface area contributed by atoms with Gasteiger partial charge >= 0.3 is 5.97 Å². The predicted molar refractivity (Wildman–Crippen MR) is 142 cm³/mol. The standard InChI is InChI=1S/C30H37FN2O4/c1-37-24-9-10-27-25(18-24)29(23(21-34)20-32-27)26(31)11-12-30(19-28(35)36)13-16-33(17-14-30)15-5-8-22-6-3-2-4-7-22/h2-4,6-7,9-10,18,20,26,34H,5,8,11-17,19,21H2,1H3,(H,35,36). The molecule has 0 amide bonds. The second kappa shape index (κ2) is 12.5. The average Bonchev–Trinajstić information content (AvgIpc) is 2.92. The minimum atomic E-state index is -1.34. The van der Waals surface area contributed by atoms with Gasteiger partial charge in [-0.2, -0.15) is 0 Å². The topological polar surface area (TPSA) is 82.9 Å². The van der Waals surface area contributed by atoms with Gasteiger partial charge in [0.05, 0.1) is 25.7 Å². The molecular formula is C30H37FN2O4. The van der Waals surface area contributed by atoms with Crippen LogP contribution in [0.1, 0.15) is 61.4 Å². The van der Waals surface area contributed by atoms with E-state index in [0.717, 1.165) is 45.3 Å². The van der Waals surface area contributed by atoms with Crippen LogP contribution in [0.4, 0.5) is 4.39 Å². The Labute approximate surface area is 218 Å². The number of hydrogen-bond acceptors (Lipinski definition) is 5. The maximum Gasteiger partial charge on any atom is 0.303 e. The van der Waals surface area contributed by atoms with Crippen molar-refractivity contribution in [1.82, 2.24) is 9.88 Å². The lowest BCUT2D eigenvalue weighted by molar-refractivity contribution is -0.141. The number of nitrogens with zero attached hydrogens (tertiary/aromatic N) is 2. The first-order valence-corrected chi connectivity index (χ1v) is 13.1. The number of aliphatic carboxylic acids is 1. The Kier molecular flexibility index (Phi) is 9.11. The van der Waals surface area contributed by atoms with Crippen LogP contribution in [-0.4, -0.2) is 52.8 Å². The minimum absolute atomic E-state index is 0.0509. The number of aliphatic hydroxyl groups is 1. The quantitative estimate of drug-likeness (QED) is 0.326. The third kappa shape index (κ3) is 6.84. The monoisotopic (exact) mass is 508 g/mol. The van der Waals surface area contributed by atoms with E-state index in [9.17, 15) is 15.0 Å². The van der Waals surface area contributed by atoms with Crippen LogP contribution in [0.25, 0.3) is 10.9 Å². The fraction of sp³-hybridized carbons (Fsp3) is 0.467. The predicted octanol–water partition coefficient (Wildman–Crippen LogP) is 5.72. The SMILES string of the molecule is COc1ccc2ncc(CO)c(C(F)CCC3(CC(=O)O)CCN(CCCc4ccccc4)CC3)c2c1. The van der Waals surface area contributed by atoms with Crippen LogP contribution >= 0.6 is 0 Å². The molecule has 0 spiro atoms. The van der Waals surface area contributed by atoms with Gasteiger partial charge in [-0.1, -0.05) is 30.3 Å². The Morgan fingerprint density at radius 3 is 2.62 bits per heavy atom. The van der Waals surface area contributed by atoms with Crippen molar-refractivity contribution in [1.29, 1.82) is 0 Å². The third-order valence-corrected chi connectivity index (χ3v) is 7.84. The first kappa shape index (κ1) is 27.0. The summed E-state index contributed by atoms with van der Waals surface area (Å²) in [5, 5.41) is 20.2. The molecule has 3 aromatic rings. The van der Waals surface area contributed by atoms with E-state index < -0.39 is 17.6 Å². The molecule has 198 valence electrons. The maximum absolute atomic E-state index is 15.9. The van der Waals surface area contributed by atoms with E-state index in [2.05, 4.69) is 34.1 Å². The van der Waals surface area contributed by atoms with Crippen LogP contribution in [0.3, 0.4) is 0 Å². The molecule has 2 N–H and O–H groups in total. The zero-order valence-corrected chi connectivity index (χ0v) is 21.5. The number of benzene rings is 2. The van der Waals surface area contributed by atoms with Crippen molar-refractivity contribution in [2.75, 3.05) is 26.7 Å². The molecule has 0 aliphatic carbocycles. The maximum atomic E-state index is 15.9. The summed E-state index contributed by atoms with van der Waals surface area (Å²) in [4.78, 5) is 18.5. The van der Waals surface area contributed by atoms with Crippen LogP contribution in [0.15, 0.2) is 54.7 Å². The number of pyridine rings is 1. The Balaban J connectivity index is 1.42. The van der Waals surface area contributed by atoms with Gasteiger partial charge in [0.25, 0.3) is 0 Å². The summed E-state index contributed by atoms with van der Waals surface area (Å²) in [7, 11) is 1.56. The van der Waals surface area contributed by atoms with Crippen molar-refractivity contribution >= 4 is 16.9 Å². The summed E-state index contributed by atoms with van der Waals surface area (Å²) in [6.07, 6.45) is 4.50. The Morgan fingerprint density at radius 2 is 1.95 bits per heavy atom. The highest BCUT2D eigenvalue weighted by Crippen LogP contribution is 2.43. The van der Waals surface area contributed by atoms with Crippen molar-refractivity contribution in [2.45, 2.75) is 57.7 Å². The van der Waals surface area contributed by atoms with Crippen molar-refractivity contribution < 1.29 is 24.1 Å². The lowest BCUT2D eigenvalue weighted by Gasteiger charge is -2.41. The Morgan fingerprint density at radius 1 is 1.19 bits per heavy atom. The number of hydrogen-bond donors (Lipinski definition) is 2. The number of methoxy groups -OCH3 is 1. The van der Waals surface area contributed by atoms with E-state index in [1.54, 1.807) is 25.3 Å². The number of aliphatic hydroxyl groups excluding tert-OH is 1. The van der Waals surface area contributed by atoms with Gasteiger partial charge in [0, 0.05) is 22.7 Å². The molecule has 4 rings (SSSR count). The highest BCUT2D eigenvalue weighted by atomic mass is 19.1. The van der Waals surface area contributed by atoms with Gasteiger partial charge in [-0.3, -0.25) is 9.78 Å². The van der Waals surface area contributed by atoms with Crippen LogP contribution in [0.5, 0.6) is 5.75 Å². The molecule has 1 aliphatic rings. The van der Waals surface area contributed by atoms with Crippen molar-refractivity contribution in [3.8, 4) is 5.75 Å². The number of carbonyl (C=O) groups is 1. The first-order valence-electron chi connectivity index (χ1n) is 13.1. The first-order chi connectivity index (χ1) is 17.9. The summed E-state index contributed by atoms with van der Waals surface area (Å²) in [5.74, 6) is -0.233. The number of halogens is 1. The second-order valence-electron chi connectivity index (χ2n) is 10.2. The highest BCUT2D eigenvalue weighted by molar-refractivity contribution is 5.85. The number of fused-ring (bicyclic) bond motifs is 1. The minimum Gasteiger partial charge on any atom is -0.497 e. The number of alkyl halides is 1. The zero-order valence-electron chi connectivity index (χ0n) is 21.5. The molecular weight excluding hydrogens is 471 g/mol. The number of rotatable bonds is 12. The van der Waals surface area contributed by atoms with E-state index in [0.29, 0.717) is 34.2 Å². The molecule has 2 aromatic carbocycles. The van der Waals surface area contributed by atoms with Crippen LogP contribution < -0.4 is 4.74 Å². The number of aromatic nitrogens is 1. The van der Waals surface area contributed by atoms with Gasteiger partial charge < -0.3 is 19.8 Å². The molecule has 7 heteroatoms. The van der Waals surface area contributed by atoms with E-state index in [-0.39, 0.29) is 19.4 Å². The molecule has 6 nitrogen and oxygen atoms in total. The second-order valence-corrected chi connectivity index (χ2v) is 10.2. The van der Waals surface area contributed by atoms with Gasteiger partial charge in [-0.15, -0.1) is 0 Å². The van der Waals surface area contributed by atoms with Gasteiger partial charge in [-0.05, 0) is 87.3 Å². The number of aryl methyl sites for hydroxylation is 1. The average molecular weight is 509 g/mol. The third-order valence-electron chi connectivity index (χ3n) is 7.84. The molecule has 1 fully saturated rings. The molecule has 1 saturated heterocycles. The van der Waals surface area contributed by atoms with Gasteiger partial charge in [0.2, 0.25) is 0 Å². The van der Waals surface area contributed by atoms with Gasteiger partial charge in [-0.25, -0.2) is 4.39 Å². The summed E-state index contributed by atoms with van der Waals surface area (Å²) < 4.78 is 21.2. The molecule has 1 unspecified atom stereocenters. The summed E-state index contributed by atoms with van der Waals surface area (Å²) >= 11 is 0. The molecule has 0 bridgehead atoms. The van der Waals surface area contributed by atoms with E-state index in [1.807, 2.05) is 6.07 Å². The normalized spacial score (nSPS) is 16.5. The molecule has 2 heterocycles. The van der Waals surface area contributed by atoms with Gasteiger partial charge in [0.1, 0.15) is 11.9 Å². The van der Waals surface area contributed by atoms with Crippen LogP contribution in [-0.2, 0) is 17.8 Å². The Bertz CT molecular complexity index is 1170.